The predicted molar refractivity (Wildman–Crippen MR) is 108 cm³/mol. The van der Waals surface area contributed by atoms with E-state index in [-0.39, 0.29) is 55.1 Å². The zero-order valence-electron chi connectivity index (χ0n) is 15.0. The van der Waals surface area contributed by atoms with Gasteiger partial charge in [-0.1, -0.05) is 12.1 Å². The van der Waals surface area contributed by atoms with Crippen molar-refractivity contribution < 1.29 is 18.1 Å². The van der Waals surface area contributed by atoms with Crippen molar-refractivity contribution in [1.82, 2.24) is 10.6 Å². The van der Waals surface area contributed by atoms with Crippen LogP contribution in [0.1, 0.15) is 38.2 Å². The monoisotopic (exact) mass is 500 g/mol. The van der Waals surface area contributed by atoms with Gasteiger partial charge in [0.1, 0.15) is 0 Å². The zero-order valence-corrected chi connectivity index (χ0v) is 17.3. The van der Waals surface area contributed by atoms with Gasteiger partial charge >= 0.3 is 6.18 Å². The number of alkyl halides is 3. The number of aliphatic imine (C=N–C) groups is 1. The van der Waals surface area contributed by atoms with Gasteiger partial charge in [-0.05, 0) is 38.2 Å². The van der Waals surface area contributed by atoms with E-state index in [1.54, 1.807) is 12.1 Å². The Morgan fingerprint density at radius 2 is 1.96 bits per heavy atom. The predicted octanol–water partition coefficient (Wildman–Crippen LogP) is 4.39. The van der Waals surface area contributed by atoms with Crippen molar-refractivity contribution in [3.63, 3.8) is 0 Å². The molecule has 152 valence electrons. The van der Waals surface area contributed by atoms with E-state index in [1.807, 2.05) is 6.92 Å². The van der Waals surface area contributed by atoms with Crippen molar-refractivity contribution in [1.29, 1.82) is 0 Å². The van der Waals surface area contributed by atoms with Crippen molar-refractivity contribution in [2.24, 2.45) is 10.9 Å². The summed E-state index contributed by atoms with van der Waals surface area (Å²) in [4.78, 5) is 14.8. The highest BCUT2D eigenvalue weighted by atomic mass is 127. The van der Waals surface area contributed by atoms with Crippen LogP contribution >= 0.6 is 24.0 Å². The number of halogens is 4. The molecule has 0 unspecified atom stereocenters. The van der Waals surface area contributed by atoms with Crippen molar-refractivity contribution in [3.05, 3.63) is 39.9 Å². The van der Waals surface area contributed by atoms with Gasteiger partial charge < -0.3 is 10.6 Å². The third-order valence-corrected chi connectivity index (χ3v) is 4.42. The van der Waals surface area contributed by atoms with Gasteiger partial charge in [-0.25, -0.2) is 4.99 Å². The van der Waals surface area contributed by atoms with Gasteiger partial charge in [0, 0.05) is 24.7 Å². The average molecular weight is 500 g/mol. The number of nitrogens with zero attached hydrogens (tertiary/aromatic N) is 2. The van der Waals surface area contributed by atoms with Gasteiger partial charge in [-0.2, -0.15) is 13.2 Å². The van der Waals surface area contributed by atoms with Crippen molar-refractivity contribution in [2.75, 3.05) is 6.54 Å². The lowest BCUT2D eigenvalue weighted by molar-refractivity contribution is -0.384. The molecule has 0 spiro atoms. The minimum Gasteiger partial charge on any atom is -0.357 e. The number of hydrogen-bond donors (Lipinski definition) is 2. The van der Waals surface area contributed by atoms with Crippen LogP contribution in [-0.2, 0) is 6.54 Å². The minimum absolute atomic E-state index is 0. The van der Waals surface area contributed by atoms with Crippen LogP contribution < -0.4 is 10.6 Å². The second kappa shape index (κ2) is 10.7. The van der Waals surface area contributed by atoms with Crippen LogP contribution in [0.25, 0.3) is 0 Å². The number of nitrogens with one attached hydrogen (secondary N) is 2. The molecule has 2 rings (SSSR count). The first-order valence-corrected chi connectivity index (χ1v) is 8.64. The molecule has 2 N–H and O–H groups in total. The molecule has 6 nitrogen and oxygen atoms in total. The Bertz CT molecular complexity index is 647. The van der Waals surface area contributed by atoms with Crippen LogP contribution in [0, 0.1) is 16.0 Å². The van der Waals surface area contributed by atoms with E-state index in [2.05, 4.69) is 15.6 Å². The molecule has 1 saturated carbocycles. The number of nitro benzene ring substituents is 1. The van der Waals surface area contributed by atoms with Gasteiger partial charge in [-0.15, -0.1) is 24.0 Å². The highest BCUT2D eigenvalue weighted by Gasteiger charge is 2.41. The van der Waals surface area contributed by atoms with Crippen molar-refractivity contribution in [3.8, 4) is 0 Å². The molecule has 1 aliphatic carbocycles. The maximum Gasteiger partial charge on any atom is 0.391 e. The summed E-state index contributed by atoms with van der Waals surface area (Å²) in [6.45, 7) is 2.75. The number of rotatable bonds is 5. The van der Waals surface area contributed by atoms with Crippen molar-refractivity contribution in [2.45, 2.75) is 51.4 Å². The Morgan fingerprint density at radius 1 is 1.30 bits per heavy atom. The molecule has 1 aromatic carbocycles. The van der Waals surface area contributed by atoms with E-state index in [0.29, 0.717) is 30.9 Å². The normalized spacial score (nSPS) is 20.5. The molecule has 0 aromatic heterocycles. The van der Waals surface area contributed by atoms with Gasteiger partial charge in [-0.3, -0.25) is 10.1 Å². The van der Waals surface area contributed by atoms with E-state index in [9.17, 15) is 23.3 Å². The number of non-ortho nitro benzene ring substituents is 1. The molecule has 0 saturated heterocycles. The summed E-state index contributed by atoms with van der Waals surface area (Å²) in [5.41, 5.74) is 0.693. The molecular formula is C17H24F3IN4O2. The summed E-state index contributed by atoms with van der Waals surface area (Å²) in [7, 11) is 0. The summed E-state index contributed by atoms with van der Waals surface area (Å²) >= 11 is 0. The van der Waals surface area contributed by atoms with Crippen LogP contribution in [0.2, 0.25) is 0 Å². The summed E-state index contributed by atoms with van der Waals surface area (Å²) in [5.74, 6) is -0.709. The fourth-order valence-corrected chi connectivity index (χ4v) is 3.02. The second-order valence-electron chi connectivity index (χ2n) is 6.36. The van der Waals surface area contributed by atoms with Crippen LogP contribution in [0.4, 0.5) is 18.9 Å². The first-order chi connectivity index (χ1) is 12.3. The van der Waals surface area contributed by atoms with Crippen LogP contribution in [0.5, 0.6) is 0 Å². The Balaban J connectivity index is 0.00000364. The molecular weight excluding hydrogens is 476 g/mol. The Hall–Kier alpha value is -1.59. The summed E-state index contributed by atoms with van der Waals surface area (Å²) < 4.78 is 38.2. The smallest absolute Gasteiger partial charge is 0.357 e. The van der Waals surface area contributed by atoms with Gasteiger partial charge in [0.25, 0.3) is 5.69 Å². The largest absolute Gasteiger partial charge is 0.391 e. The lowest BCUT2D eigenvalue weighted by atomic mass is 9.85. The molecule has 1 fully saturated rings. The van der Waals surface area contributed by atoms with Gasteiger partial charge in [0.2, 0.25) is 0 Å². The minimum atomic E-state index is -4.12. The SMILES string of the molecule is CCNC(=NCc1cccc([N+](=O)[O-])c1)NC1CCC(C(F)(F)F)CC1.I. The van der Waals surface area contributed by atoms with E-state index >= 15 is 0 Å². The molecule has 0 atom stereocenters. The van der Waals surface area contributed by atoms with Crippen LogP contribution in [0.3, 0.4) is 0 Å². The molecule has 1 aromatic rings. The first-order valence-electron chi connectivity index (χ1n) is 8.64. The second-order valence-corrected chi connectivity index (χ2v) is 6.36. The van der Waals surface area contributed by atoms with E-state index in [1.165, 1.54) is 12.1 Å². The molecule has 1 aliphatic rings. The first kappa shape index (κ1) is 23.4. The number of hydrogen-bond acceptors (Lipinski definition) is 3. The maximum absolute atomic E-state index is 12.7. The Morgan fingerprint density at radius 3 is 2.52 bits per heavy atom. The number of guanidine groups is 1. The van der Waals surface area contributed by atoms with Gasteiger partial charge in [0.15, 0.2) is 5.96 Å². The van der Waals surface area contributed by atoms with E-state index in [4.69, 9.17) is 0 Å². The summed E-state index contributed by atoms with van der Waals surface area (Å²) in [6, 6.07) is 6.16. The number of benzene rings is 1. The molecule has 27 heavy (non-hydrogen) atoms. The molecule has 10 heteroatoms. The Kier molecular flexibility index (Phi) is 9.27. The third kappa shape index (κ3) is 7.51. The highest BCUT2D eigenvalue weighted by molar-refractivity contribution is 14.0. The van der Waals surface area contributed by atoms with Crippen molar-refractivity contribution >= 4 is 35.6 Å². The maximum atomic E-state index is 12.7. The highest BCUT2D eigenvalue weighted by Crippen LogP contribution is 2.37. The van der Waals surface area contributed by atoms with Crippen LogP contribution in [-0.4, -0.2) is 29.6 Å². The van der Waals surface area contributed by atoms with E-state index in [0.717, 1.165) is 0 Å². The summed E-state index contributed by atoms with van der Waals surface area (Å²) in [6.07, 6.45) is -3.01. The third-order valence-electron chi connectivity index (χ3n) is 4.42. The summed E-state index contributed by atoms with van der Waals surface area (Å²) in [5, 5.41) is 17.1. The number of nitro groups is 1. The lowest BCUT2D eigenvalue weighted by Gasteiger charge is -2.31. The van der Waals surface area contributed by atoms with E-state index < -0.39 is 17.0 Å². The molecule has 0 heterocycles. The zero-order chi connectivity index (χ0) is 19.2. The molecule has 0 aliphatic heterocycles. The topological polar surface area (TPSA) is 79.6 Å². The Labute approximate surface area is 173 Å². The quantitative estimate of drug-likeness (QED) is 0.207. The molecule has 0 radical (unpaired) electrons. The van der Waals surface area contributed by atoms with Crippen LogP contribution in [0.15, 0.2) is 29.3 Å². The molecule has 0 bridgehead atoms. The standard InChI is InChI=1S/C17H23F3N4O2.HI/c1-2-21-16(22-11-12-4-3-5-15(10-12)24(25)26)23-14-8-6-13(7-9-14)17(18,19)20;/h3-5,10,13-14H,2,6-9,11H2,1H3,(H2,21,22,23);1H. The lowest BCUT2D eigenvalue weighted by Crippen LogP contribution is -2.45. The fourth-order valence-electron chi connectivity index (χ4n) is 3.02. The molecule has 0 amide bonds. The van der Waals surface area contributed by atoms with Gasteiger partial charge in [0.05, 0.1) is 17.4 Å². The fraction of sp³-hybridized carbons (Fsp3) is 0.588. The average Bonchev–Trinajstić information content (AvgIpc) is 2.60.